The van der Waals surface area contributed by atoms with Crippen LogP contribution in [-0.2, 0) is 14.3 Å². The van der Waals surface area contributed by atoms with Crippen LogP contribution in [0.5, 0.6) is 0 Å². The molecule has 2 saturated heterocycles. The molecule has 3 atom stereocenters. The third-order valence-corrected chi connectivity index (χ3v) is 4.71. The predicted molar refractivity (Wildman–Crippen MR) is 73.8 cm³/mol. The summed E-state index contributed by atoms with van der Waals surface area (Å²) in [6, 6.07) is 9.78. The molecule has 2 heterocycles. The molecule has 2 fully saturated rings. The Morgan fingerprint density at radius 2 is 2.15 bits per heavy atom. The van der Waals surface area contributed by atoms with Crippen LogP contribution in [-0.4, -0.2) is 29.4 Å². The van der Waals surface area contributed by atoms with Gasteiger partial charge in [0.2, 0.25) is 5.91 Å². The highest BCUT2D eigenvalue weighted by Crippen LogP contribution is 2.46. The SMILES string of the molecule is C[C@]12CCC(=O)N1C[C@@H]([C@@H](OC=O)c1ccccc1)C2. The van der Waals surface area contributed by atoms with E-state index in [0.29, 0.717) is 19.4 Å². The van der Waals surface area contributed by atoms with Crippen LogP contribution < -0.4 is 0 Å². The normalized spacial score (nSPS) is 30.1. The quantitative estimate of drug-likeness (QED) is 0.791. The molecule has 0 N–H and O–H groups in total. The number of amides is 1. The van der Waals surface area contributed by atoms with Crippen molar-refractivity contribution in [2.75, 3.05) is 6.54 Å². The first-order valence-corrected chi connectivity index (χ1v) is 7.08. The first-order valence-electron chi connectivity index (χ1n) is 7.08. The molecule has 0 unspecified atom stereocenters. The summed E-state index contributed by atoms with van der Waals surface area (Å²) < 4.78 is 5.34. The number of hydrogen-bond donors (Lipinski definition) is 0. The number of nitrogens with zero attached hydrogens (tertiary/aromatic N) is 1. The van der Waals surface area contributed by atoms with E-state index >= 15 is 0 Å². The van der Waals surface area contributed by atoms with E-state index in [1.807, 2.05) is 35.2 Å². The highest BCUT2D eigenvalue weighted by Gasteiger charge is 2.51. The molecule has 0 radical (unpaired) electrons. The third-order valence-electron chi connectivity index (χ3n) is 4.71. The van der Waals surface area contributed by atoms with Crippen LogP contribution >= 0.6 is 0 Å². The van der Waals surface area contributed by atoms with Crippen LogP contribution in [0.25, 0.3) is 0 Å². The Morgan fingerprint density at radius 1 is 1.40 bits per heavy atom. The fourth-order valence-corrected chi connectivity index (χ4v) is 3.71. The monoisotopic (exact) mass is 273 g/mol. The second kappa shape index (κ2) is 4.93. The molecule has 20 heavy (non-hydrogen) atoms. The lowest BCUT2D eigenvalue weighted by atomic mass is 9.87. The van der Waals surface area contributed by atoms with Crippen LogP contribution in [0, 0.1) is 5.92 Å². The molecule has 2 aliphatic rings. The Kier molecular flexibility index (Phi) is 3.24. The highest BCUT2D eigenvalue weighted by atomic mass is 16.5. The Labute approximate surface area is 118 Å². The number of hydrogen-bond acceptors (Lipinski definition) is 3. The van der Waals surface area contributed by atoms with Gasteiger partial charge in [-0.1, -0.05) is 30.3 Å². The van der Waals surface area contributed by atoms with Crippen molar-refractivity contribution in [3.05, 3.63) is 35.9 Å². The summed E-state index contributed by atoms with van der Waals surface area (Å²) in [6.07, 6.45) is 2.19. The van der Waals surface area contributed by atoms with E-state index in [1.54, 1.807) is 0 Å². The van der Waals surface area contributed by atoms with Gasteiger partial charge in [0, 0.05) is 24.4 Å². The minimum Gasteiger partial charge on any atom is -0.459 e. The molecule has 0 spiro atoms. The zero-order valence-electron chi connectivity index (χ0n) is 11.6. The summed E-state index contributed by atoms with van der Waals surface area (Å²) in [6.45, 7) is 3.34. The molecule has 4 nitrogen and oxygen atoms in total. The number of fused-ring (bicyclic) bond motifs is 1. The van der Waals surface area contributed by atoms with Crippen molar-refractivity contribution >= 4 is 12.4 Å². The first kappa shape index (κ1) is 13.2. The molecule has 106 valence electrons. The lowest BCUT2D eigenvalue weighted by Gasteiger charge is -2.26. The van der Waals surface area contributed by atoms with Crippen LogP contribution in [0.3, 0.4) is 0 Å². The largest absolute Gasteiger partial charge is 0.459 e. The van der Waals surface area contributed by atoms with E-state index in [-0.39, 0.29) is 23.5 Å². The third kappa shape index (κ3) is 2.09. The molecule has 4 heteroatoms. The van der Waals surface area contributed by atoms with Gasteiger partial charge in [0.15, 0.2) is 0 Å². The van der Waals surface area contributed by atoms with E-state index in [2.05, 4.69) is 6.92 Å². The van der Waals surface area contributed by atoms with Crippen molar-refractivity contribution in [3.63, 3.8) is 0 Å². The number of benzene rings is 1. The Hall–Kier alpha value is -1.84. The summed E-state index contributed by atoms with van der Waals surface area (Å²) in [5.41, 5.74) is 0.947. The van der Waals surface area contributed by atoms with Gasteiger partial charge in [-0.05, 0) is 25.3 Å². The summed E-state index contributed by atoms with van der Waals surface area (Å²) in [4.78, 5) is 24.7. The average molecular weight is 273 g/mol. The molecular formula is C16H19NO3. The first-order chi connectivity index (χ1) is 9.64. The van der Waals surface area contributed by atoms with Gasteiger partial charge in [-0.3, -0.25) is 9.59 Å². The maximum Gasteiger partial charge on any atom is 0.293 e. The van der Waals surface area contributed by atoms with Crippen molar-refractivity contribution in [1.82, 2.24) is 4.90 Å². The molecule has 1 aromatic rings. The highest BCUT2D eigenvalue weighted by molar-refractivity contribution is 5.80. The lowest BCUT2D eigenvalue weighted by molar-refractivity contribution is -0.136. The average Bonchev–Trinajstić information content (AvgIpc) is 2.93. The maximum absolute atomic E-state index is 11.9. The molecule has 0 aliphatic carbocycles. The predicted octanol–water partition coefficient (Wildman–Crippen LogP) is 2.30. The molecule has 0 aromatic heterocycles. The topological polar surface area (TPSA) is 46.6 Å². The van der Waals surface area contributed by atoms with Crippen LogP contribution in [0.1, 0.15) is 37.9 Å². The molecule has 1 amide bonds. The number of carbonyl (C=O) groups is 2. The maximum atomic E-state index is 11.9. The van der Waals surface area contributed by atoms with Gasteiger partial charge in [-0.2, -0.15) is 0 Å². The van der Waals surface area contributed by atoms with Crippen molar-refractivity contribution in [3.8, 4) is 0 Å². The molecule has 0 saturated carbocycles. The minimum atomic E-state index is -0.260. The van der Waals surface area contributed by atoms with Crippen LogP contribution in [0.15, 0.2) is 30.3 Å². The van der Waals surface area contributed by atoms with Crippen molar-refractivity contribution < 1.29 is 14.3 Å². The zero-order valence-corrected chi connectivity index (χ0v) is 11.6. The van der Waals surface area contributed by atoms with E-state index in [4.69, 9.17) is 4.74 Å². The van der Waals surface area contributed by atoms with E-state index in [1.165, 1.54) is 0 Å². The molecule has 3 rings (SSSR count). The second-order valence-corrected chi connectivity index (χ2v) is 6.03. The summed E-state index contributed by atoms with van der Waals surface area (Å²) in [5.74, 6) is 0.407. The van der Waals surface area contributed by atoms with Gasteiger partial charge >= 0.3 is 0 Å². The van der Waals surface area contributed by atoms with Gasteiger partial charge in [-0.15, -0.1) is 0 Å². The fraction of sp³-hybridized carbons (Fsp3) is 0.500. The summed E-state index contributed by atoms with van der Waals surface area (Å²) >= 11 is 0. The summed E-state index contributed by atoms with van der Waals surface area (Å²) in [5, 5.41) is 0. The van der Waals surface area contributed by atoms with E-state index < -0.39 is 0 Å². The van der Waals surface area contributed by atoms with Gasteiger partial charge in [0.25, 0.3) is 6.47 Å². The van der Waals surface area contributed by atoms with Crippen LogP contribution in [0.4, 0.5) is 0 Å². The molecule has 0 bridgehead atoms. The minimum absolute atomic E-state index is 0.0545. The number of ether oxygens (including phenoxy) is 1. The number of rotatable bonds is 4. The van der Waals surface area contributed by atoms with Gasteiger partial charge in [-0.25, -0.2) is 0 Å². The standard InChI is InChI=1S/C16H19NO3/c1-16-8-7-14(19)17(16)10-13(9-16)15(20-11-18)12-5-3-2-4-6-12/h2-6,11,13,15H,7-10H2,1H3/t13-,15-,16+/m0/s1. The van der Waals surface area contributed by atoms with Crippen molar-refractivity contribution in [2.45, 2.75) is 37.8 Å². The zero-order chi connectivity index (χ0) is 14.2. The van der Waals surface area contributed by atoms with Crippen molar-refractivity contribution in [1.29, 1.82) is 0 Å². The Balaban J connectivity index is 1.84. The lowest BCUT2D eigenvalue weighted by Crippen LogP contribution is -2.37. The molecule has 2 aliphatic heterocycles. The van der Waals surface area contributed by atoms with Gasteiger partial charge < -0.3 is 9.64 Å². The van der Waals surface area contributed by atoms with Gasteiger partial charge in [0.05, 0.1) is 0 Å². The smallest absolute Gasteiger partial charge is 0.293 e. The van der Waals surface area contributed by atoms with Crippen LogP contribution in [0.2, 0.25) is 0 Å². The van der Waals surface area contributed by atoms with Gasteiger partial charge in [0.1, 0.15) is 6.10 Å². The number of carbonyl (C=O) groups excluding carboxylic acids is 2. The Bertz CT molecular complexity index is 516. The molecular weight excluding hydrogens is 254 g/mol. The van der Waals surface area contributed by atoms with E-state index in [0.717, 1.165) is 18.4 Å². The second-order valence-electron chi connectivity index (χ2n) is 6.03. The Morgan fingerprint density at radius 3 is 2.80 bits per heavy atom. The molecule has 1 aromatic carbocycles. The van der Waals surface area contributed by atoms with Crippen molar-refractivity contribution in [2.24, 2.45) is 5.92 Å². The van der Waals surface area contributed by atoms with E-state index in [9.17, 15) is 9.59 Å². The summed E-state index contributed by atoms with van der Waals surface area (Å²) in [7, 11) is 0. The fourth-order valence-electron chi connectivity index (χ4n) is 3.71.